The second-order valence-corrected chi connectivity index (χ2v) is 10.00. The minimum absolute atomic E-state index is 0.0748. The molecule has 0 spiro atoms. The maximum atomic E-state index is 13.1. The monoisotopic (exact) mass is 474 g/mol. The lowest BCUT2D eigenvalue weighted by atomic mass is 9.96. The zero-order valence-corrected chi connectivity index (χ0v) is 21.3. The summed E-state index contributed by atoms with van der Waals surface area (Å²) in [4.78, 5) is 49.9. The average molecular weight is 475 g/mol. The number of amides is 3. The van der Waals surface area contributed by atoms with Gasteiger partial charge >= 0.3 is 5.97 Å². The summed E-state index contributed by atoms with van der Waals surface area (Å²) in [6, 6.07) is -3.55. The molecule has 0 aromatic carbocycles. The van der Waals surface area contributed by atoms with E-state index in [0.29, 0.717) is 18.6 Å². The first-order chi connectivity index (χ1) is 14.8. The lowest BCUT2D eigenvalue weighted by molar-refractivity contribution is -0.142. The largest absolute Gasteiger partial charge is 0.480 e. The van der Waals surface area contributed by atoms with Crippen LogP contribution in [0.2, 0.25) is 0 Å². The molecule has 9 nitrogen and oxygen atoms in total. The molecule has 0 rings (SSSR count). The molecule has 0 heterocycles. The minimum atomic E-state index is -1.12. The van der Waals surface area contributed by atoms with Gasteiger partial charge in [-0.3, -0.25) is 14.4 Å². The highest BCUT2D eigenvalue weighted by molar-refractivity contribution is 7.98. The highest BCUT2D eigenvalue weighted by Gasteiger charge is 2.32. The number of hydrogen-bond acceptors (Lipinski definition) is 6. The van der Waals surface area contributed by atoms with Crippen molar-refractivity contribution in [2.75, 3.05) is 12.0 Å². The van der Waals surface area contributed by atoms with E-state index in [0.717, 1.165) is 0 Å². The number of carboxylic acid groups (broad SMARTS) is 1. The van der Waals surface area contributed by atoms with Crippen LogP contribution < -0.4 is 21.7 Å². The van der Waals surface area contributed by atoms with Gasteiger partial charge in [0.1, 0.15) is 18.1 Å². The summed E-state index contributed by atoms with van der Waals surface area (Å²) in [5.74, 6) is -2.18. The zero-order valence-electron chi connectivity index (χ0n) is 20.4. The van der Waals surface area contributed by atoms with Gasteiger partial charge in [0.05, 0.1) is 6.04 Å². The van der Waals surface area contributed by atoms with Gasteiger partial charge in [0, 0.05) is 0 Å². The van der Waals surface area contributed by atoms with Crippen LogP contribution in [0.1, 0.15) is 60.8 Å². The Balaban J connectivity index is 5.52. The molecule has 32 heavy (non-hydrogen) atoms. The van der Waals surface area contributed by atoms with Gasteiger partial charge in [-0.05, 0) is 42.6 Å². The van der Waals surface area contributed by atoms with Crippen molar-refractivity contribution in [3.05, 3.63) is 0 Å². The molecule has 10 heteroatoms. The smallest absolute Gasteiger partial charge is 0.326 e. The first-order valence-corrected chi connectivity index (χ1v) is 12.6. The van der Waals surface area contributed by atoms with E-state index in [1.807, 2.05) is 47.8 Å². The molecule has 186 valence electrons. The number of thioether (sulfide) groups is 1. The number of carbonyl (C=O) groups is 4. The van der Waals surface area contributed by atoms with Crippen LogP contribution >= 0.6 is 11.8 Å². The molecule has 0 aromatic rings. The van der Waals surface area contributed by atoms with E-state index in [-0.39, 0.29) is 24.2 Å². The molecule has 0 bridgehead atoms. The summed E-state index contributed by atoms with van der Waals surface area (Å²) in [7, 11) is 0. The third kappa shape index (κ3) is 10.7. The predicted octanol–water partition coefficient (Wildman–Crippen LogP) is 1.35. The van der Waals surface area contributed by atoms with E-state index in [1.54, 1.807) is 0 Å². The fraction of sp³-hybridized carbons (Fsp3) is 0.818. The van der Waals surface area contributed by atoms with Crippen molar-refractivity contribution in [2.24, 2.45) is 23.5 Å². The fourth-order valence-corrected chi connectivity index (χ4v) is 3.46. The maximum Gasteiger partial charge on any atom is 0.326 e. The summed E-state index contributed by atoms with van der Waals surface area (Å²) in [5, 5.41) is 17.4. The topological polar surface area (TPSA) is 151 Å². The third-order valence-corrected chi connectivity index (χ3v) is 6.02. The van der Waals surface area contributed by atoms with Crippen LogP contribution in [-0.2, 0) is 19.2 Å². The second kappa shape index (κ2) is 15.1. The highest BCUT2D eigenvalue weighted by atomic mass is 32.2. The Morgan fingerprint density at radius 3 is 1.91 bits per heavy atom. The lowest BCUT2D eigenvalue weighted by Gasteiger charge is -2.28. The number of rotatable bonds is 15. The molecule has 6 N–H and O–H groups in total. The molecule has 5 atom stereocenters. The molecule has 0 aromatic heterocycles. The molecule has 5 unspecified atom stereocenters. The van der Waals surface area contributed by atoms with Crippen molar-refractivity contribution >= 4 is 35.5 Å². The van der Waals surface area contributed by atoms with Crippen molar-refractivity contribution in [3.63, 3.8) is 0 Å². The van der Waals surface area contributed by atoms with Gasteiger partial charge in [0.15, 0.2) is 0 Å². The number of carbonyl (C=O) groups excluding carboxylic acids is 3. The van der Waals surface area contributed by atoms with Gasteiger partial charge in [-0.2, -0.15) is 11.8 Å². The van der Waals surface area contributed by atoms with Crippen LogP contribution in [0.15, 0.2) is 0 Å². The van der Waals surface area contributed by atoms with Crippen molar-refractivity contribution in [3.8, 4) is 0 Å². The zero-order chi connectivity index (χ0) is 25.0. The van der Waals surface area contributed by atoms with E-state index in [9.17, 15) is 24.3 Å². The average Bonchev–Trinajstić information content (AvgIpc) is 2.72. The van der Waals surface area contributed by atoms with Crippen molar-refractivity contribution < 1.29 is 24.3 Å². The number of hydrogen-bond donors (Lipinski definition) is 5. The van der Waals surface area contributed by atoms with Crippen LogP contribution in [0.5, 0.6) is 0 Å². The van der Waals surface area contributed by atoms with E-state index in [1.165, 1.54) is 11.8 Å². The van der Waals surface area contributed by atoms with Crippen LogP contribution in [0, 0.1) is 17.8 Å². The third-order valence-electron chi connectivity index (χ3n) is 5.38. The second-order valence-electron chi connectivity index (χ2n) is 9.01. The fourth-order valence-electron chi connectivity index (χ4n) is 2.99. The molecule has 0 aliphatic heterocycles. The van der Waals surface area contributed by atoms with Crippen LogP contribution in [0.3, 0.4) is 0 Å². The Morgan fingerprint density at radius 1 is 0.906 bits per heavy atom. The van der Waals surface area contributed by atoms with E-state index in [2.05, 4.69) is 16.0 Å². The van der Waals surface area contributed by atoms with Crippen LogP contribution in [-0.4, -0.2) is 65.0 Å². The molecule has 0 aliphatic rings. The standard InChI is InChI=1S/C22H42N4O5S/c1-8-14(6)18(26-20(28)17(23)13(4)5)21(29)24-15(9-10-32-7)19(27)25-16(22(30)31)11-12(2)3/h12-18H,8-11,23H2,1-7H3,(H,24,29)(H,25,27)(H,26,28)(H,30,31). The van der Waals surface area contributed by atoms with Gasteiger partial charge < -0.3 is 26.8 Å². The molecular formula is C22H42N4O5S. The molecular weight excluding hydrogens is 432 g/mol. The van der Waals surface area contributed by atoms with Gasteiger partial charge in [-0.1, -0.05) is 48.0 Å². The SMILES string of the molecule is CCC(C)C(NC(=O)C(N)C(C)C)C(=O)NC(CCSC)C(=O)NC(CC(C)C)C(=O)O. The molecule has 0 saturated heterocycles. The summed E-state index contributed by atoms with van der Waals surface area (Å²) in [6.45, 7) is 11.1. The van der Waals surface area contributed by atoms with E-state index >= 15 is 0 Å². The van der Waals surface area contributed by atoms with Crippen LogP contribution in [0.4, 0.5) is 0 Å². The van der Waals surface area contributed by atoms with Gasteiger partial charge in [0.2, 0.25) is 17.7 Å². The summed E-state index contributed by atoms with van der Waals surface area (Å²) in [5.41, 5.74) is 5.92. The van der Waals surface area contributed by atoms with E-state index < -0.39 is 47.9 Å². The number of carboxylic acids is 1. The molecule has 0 radical (unpaired) electrons. The Labute approximate surface area is 196 Å². The number of aliphatic carboxylic acids is 1. The summed E-state index contributed by atoms with van der Waals surface area (Å²) in [6.07, 6.45) is 3.12. The Hall–Kier alpha value is -1.81. The van der Waals surface area contributed by atoms with Gasteiger partial charge in [0.25, 0.3) is 0 Å². The van der Waals surface area contributed by atoms with Crippen LogP contribution in [0.25, 0.3) is 0 Å². The Morgan fingerprint density at radius 2 is 1.47 bits per heavy atom. The maximum absolute atomic E-state index is 13.1. The normalized spacial score (nSPS) is 16.1. The number of nitrogens with two attached hydrogens (primary N) is 1. The summed E-state index contributed by atoms with van der Waals surface area (Å²) >= 11 is 1.51. The van der Waals surface area contributed by atoms with E-state index in [4.69, 9.17) is 5.73 Å². The first kappa shape index (κ1) is 30.2. The van der Waals surface area contributed by atoms with Gasteiger partial charge in [-0.15, -0.1) is 0 Å². The highest BCUT2D eigenvalue weighted by Crippen LogP contribution is 2.12. The molecule has 0 fully saturated rings. The molecule has 0 saturated carbocycles. The molecule has 3 amide bonds. The minimum Gasteiger partial charge on any atom is -0.480 e. The van der Waals surface area contributed by atoms with Crippen molar-refractivity contribution in [1.29, 1.82) is 0 Å². The first-order valence-electron chi connectivity index (χ1n) is 11.2. The predicted molar refractivity (Wildman–Crippen MR) is 128 cm³/mol. The quantitative estimate of drug-likeness (QED) is 0.240. The Kier molecular flexibility index (Phi) is 14.2. The van der Waals surface area contributed by atoms with Crippen molar-refractivity contribution in [2.45, 2.75) is 85.0 Å². The Bertz CT molecular complexity index is 629. The molecule has 0 aliphatic carbocycles. The van der Waals surface area contributed by atoms with Crippen molar-refractivity contribution in [1.82, 2.24) is 16.0 Å². The van der Waals surface area contributed by atoms with Gasteiger partial charge in [-0.25, -0.2) is 4.79 Å². The summed E-state index contributed by atoms with van der Waals surface area (Å²) < 4.78 is 0. The lowest BCUT2D eigenvalue weighted by Crippen LogP contribution is -2.59. The number of nitrogens with one attached hydrogen (secondary N) is 3.